The number of hydrogen-bond acceptors (Lipinski definition) is 3. The number of nitrogens with one attached hydrogen (secondary N) is 1. The summed E-state index contributed by atoms with van der Waals surface area (Å²) in [5.41, 5.74) is 5.74. The molecule has 1 aliphatic rings. The van der Waals surface area contributed by atoms with Crippen LogP contribution in [0.5, 0.6) is 0 Å². The van der Waals surface area contributed by atoms with Crippen LogP contribution in [0.4, 0.5) is 0 Å². The van der Waals surface area contributed by atoms with E-state index in [4.69, 9.17) is 5.73 Å². The number of halogens is 2. The highest BCUT2D eigenvalue weighted by Crippen LogP contribution is 2.17. The number of piperidine rings is 1. The molecule has 0 aromatic carbocycles. The monoisotopic (exact) mass is 341 g/mol. The minimum Gasteiger partial charge on any atom is -0.355 e. The van der Waals surface area contributed by atoms with E-state index >= 15 is 0 Å². The molecule has 1 atom stereocenters. The van der Waals surface area contributed by atoms with Crippen LogP contribution in [0, 0.1) is 11.3 Å². The Bertz CT molecular complexity index is 287. The first-order valence-corrected chi connectivity index (χ1v) is 7.56. The Morgan fingerprint density at radius 3 is 2.29 bits per heavy atom. The second-order valence-corrected chi connectivity index (χ2v) is 7.01. The van der Waals surface area contributed by atoms with E-state index in [1.165, 1.54) is 25.9 Å². The van der Waals surface area contributed by atoms with Gasteiger partial charge in [-0.2, -0.15) is 0 Å². The second kappa shape index (κ2) is 10.7. The molecule has 21 heavy (non-hydrogen) atoms. The van der Waals surface area contributed by atoms with Gasteiger partial charge < -0.3 is 16.0 Å². The van der Waals surface area contributed by atoms with Crippen LogP contribution in [0.3, 0.4) is 0 Å². The molecule has 0 bridgehead atoms. The number of nitrogens with zero attached hydrogens (tertiary/aromatic N) is 1. The van der Waals surface area contributed by atoms with E-state index in [2.05, 4.69) is 17.1 Å². The fourth-order valence-electron chi connectivity index (χ4n) is 2.30. The first-order chi connectivity index (χ1) is 8.80. The number of rotatable bonds is 5. The maximum atomic E-state index is 11.8. The highest BCUT2D eigenvalue weighted by molar-refractivity contribution is 5.85. The second-order valence-electron chi connectivity index (χ2n) is 7.01. The third kappa shape index (κ3) is 8.87. The summed E-state index contributed by atoms with van der Waals surface area (Å²) >= 11 is 0. The molecule has 0 aromatic heterocycles. The van der Waals surface area contributed by atoms with Gasteiger partial charge in [0, 0.05) is 6.54 Å². The summed E-state index contributed by atoms with van der Waals surface area (Å²) in [7, 11) is 0. The van der Waals surface area contributed by atoms with E-state index in [-0.39, 0.29) is 36.1 Å². The molecule has 1 saturated heterocycles. The van der Waals surface area contributed by atoms with Crippen molar-refractivity contribution in [2.75, 3.05) is 26.2 Å². The minimum atomic E-state index is -0.427. The molecule has 1 rings (SSSR count). The molecule has 0 saturated carbocycles. The summed E-state index contributed by atoms with van der Waals surface area (Å²) < 4.78 is 0. The van der Waals surface area contributed by atoms with Crippen LogP contribution in [0.1, 0.15) is 47.0 Å². The lowest BCUT2D eigenvalue weighted by Gasteiger charge is -2.30. The van der Waals surface area contributed by atoms with Crippen LogP contribution in [0.2, 0.25) is 0 Å². The number of carbonyl (C=O) groups is 1. The van der Waals surface area contributed by atoms with Crippen LogP contribution in [-0.4, -0.2) is 43.0 Å². The molecule has 128 valence electrons. The molecule has 0 spiro atoms. The summed E-state index contributed by atoms with van der Waals surface area (Å²) in [5.74, 6) is 0.848. The van der Waals surface area contributed by atoms with Crippen LogP contribution < -0.4 is 11.1 Å². The van der Waals surface area contributed by atoms with Crippen molar-refractivity contribution in [2.45, 2.75) is 53.0 Å². The zero-order valence-corrected chi connectivity index (χ0v) is 15.5. The van der Waals surface area contributed by atoms with Gasteiger partial charge in [0.1, 0.15) is 0 Å². The molecular formula is C15H33Cl2N3O. The molecule has 0 radical (unpaired) electrons. The average molecular weight is 342 g/mol. The number of amides is 1. The Labute approximate surface area is 142 Å². The maximum absolute atomic E-state index is 11.8. The summed E-state index contributed by atoms with van der Waals surface area (Å²) in [4.78, 5) is 14.3. The van der Waals surface area contributed by atoms with Gasteiger partial charge in [-0.25, -0.2) is 0 Å². The minimum absolute atomic E-state index is 0. The van der Waals surface area contributed by atoms with Crippen molar-refractivity contribution in [3.63, 3.8) is 0 Å². The molecule has 6 heteroatoms. The molecule has 1 aliphatic heterocycles. The molecule has 1 amide bonds. The van der Waals surface area contributed by atoms with Gasteiger partial charge >= 0.3 is 0 Å². The number of carbonyl (C=O) groups excluding carboxylic acids is 1. The van der Waals surface area contributed by atoms with E-state index in [9.17, 15) is 4.79 Å². The molecule has 0 aromatic rings. The summed E-state index contributed by atoms with van der Waals surface area (Å²) in [6.45, 7) is 12.5. The van der Waals surface area contributed by atoms with E-state index in [1.54, 1.807) is 0 Å². The fraction of sp³-hybridized carbons (Fsp3) is 0.933. The quantitative estimate of drug-likeness (QED) is 0.755. The smallest absolute Gasteiger partial charge is 0.237 e. The van der Waals surface area contributed by atoms with Crippen molar-refractivity contribution < 1.29 is 4.79 Å². The SMILES string of the molecule is CC1CCN(CCCNC(=O)[C@@H](N)C(C)(C)C)CC1.Cl.Cl. The van der Waals surface area contributed by atoms with Crippen LogP contribution in [0.15, 0.2) is 0 Å². The highest BCUT2D eigenvalue weighted by atomic mass is 35.5. The highest BCUT2D eigenvalue weighted by Gasteiger charge is 2.27. The van der Waals surface area contributed by atoms with Crippen molar-refractivity contribution in [3.8, 4) is 0 Å². The largest absolute Gasteiger partial charge is 0.355 e. The summed E-state index contributed by atoms with van der Waals surface area (Å²) in [6, 6.07) is -0.427. The molecule has 1 fully saturated rings. The molecule has 0 aliphatic carbocycles. The number of likely N-dealkylation sites (tertiary alicyclic amines) is 1. The Kier molecular flexibility index (Phi) is 11.8. The molecule has 3 N–H and O–H groups in total. The van der Waals surface area contributed by atoms with Gasteiger partial charge in [-0.3, -0.25) is 4.79 Å². The zero-order chi connectivity index (χ0) is 14.5. The van der Waals surface area contributed by atoms with Crippen molar-refractivity contribution in [3.05, 3.63) is 0 Å². The number of hydrogen-bond donors (Lipinski definition) is 2. The van der Waals surface area contributed by atoms with Crippen LogP contribution >= 0.6 is 24.8 Å². The Hall–Kier alpha value is -0.0300. The molecule has 1 heterocycles. The maximum Gasteiger partial charge on any atom is 0.237 e. The van der Waals surface area contributed by atoms with E-state index < -0.39 is 6.04 Å². The van der Waals surface area contributed by atoms with Gasteiger partial charge in [0.15, 0.2) is 0 Å². The van der Waals surface area contributed by atoms with E-state index in [1.807, 2.05) is 20.8 Å². The molecular weight excluding hydrogens is 309 g/mol. The zero-order valence-electron chi connectivity index (χ0n) is 13.9. The molecule has 4 nitrogen and oxygen atoms in total. The normalized spacial score (nSPS) is 18.3. The third-order valence-electron chi connectivity index (χ3n) is 4.04. The van der Waals surface area contributed by atoms with E-state index in [0.29, 0.717) is 0 Å². The molecule has 0 unspecified atom stereocenters. The lowest BCUT2D eigenvalue weighted by molar-refractivity contribution is -0.124. The van der Waals surface area contributed by atoms with Crippen molar-refractivity contribution in [2.24, 2.45) is 17.1 Å². The van der Waals surface area contributed by atoms with Gasteiger partial charge in [0.05, 0.1) is 6.04 Å². The van der Waals surface area contributed by atoms with Gasteiger partial charge in [-0.1, -0.05) is 27.7 Å². The fourth-order valence-corrected chi connectivity index (χ4v) is 2.30. The standard InChI is InChI=1S/C15H31N3O.2ClH/c1-12-6-10-18(11-7-12)9-5-8-17-14(19)13(16)15(2,3)4;;/h12-13H,5-11,16H2,1-4H3,(H,17,19);2*1H/t13-;;/m1../s1. The lowest BCUT2D eigenvalue weighted by atomic mass is 9.87. The van der Waals surface area contributed by atoms with Crippen molar-refractivity contribution >= 4 is 30.7 Å². The first kappa shape index (κ1) is 23.2. The first-order valence-electron chi connectivity index (χ1n) is 7.56. The van der Waals surface area contributed by atoms with Crippen molar-refractivity contribution in [1.82, 2.24) is 10.2 Å². The van der Waals surface area contributed by atoms with Gasteiger partial charge in [-0.05, 0) is 50.2 Å². The summed E-state index contributed by atoms with van der Waals surface area (Å²) in [5, 5.41) is 2.95. The van der Waals surface area contributed by atoms with Gasteiger partial charge in [0.2, 0.25) is 5.91 Å². The van der Waals surface area contributed by atoms with Crippen LogP contribution in [0.25, 0.3) is 0 Å². The van der Waals surface area contributed by atoms with Gasteiger partial charge in [-0.15, -0.1) is 24.8 Å². The summed E-state index contributed by atoms with van der Waals surface area (Å²) in [6.07, 6.45) is 3.62. The third-order valence-corrected chi connectivity index (χ3v) is 4.04. The topological polar surface area (TPSA) is 58.4 Å². The average Bonchev–Trinajstić information content (AvgIpc) is 2.34. The van der Waals surface area contributed by atoms with Gasteiger partial charge in [0.25, 0.3) is 0 Å². The Morgan fingerprint density at radius 2 is 1.81 bits per heavy atom. The predicted octanol–water partition coefficient (Wildman–Crippen LogP) is 2.44. The van der Waals surface area contributed by atoms with Crippen LogP contribution in [-0.2, 0) is 4.79 Å². The van der Waals surface area contributed by atoms with E-state index in [0.717, 1.165) is 25.4 Å². The lowest BCUT2D eigenvalue weighted by Crippen LogP contribution is -2.49. The Morgan fingerprint density at radius 1 is 1.29 bits per heavy atom. The van der Waals surface area contributed by atoms with Crippen molar-refractivity contribution in [1.29, 1.82) is 0 Å². The predicted molar refractivity (Wildman–Crippen MR) is 94.4 cm³/mol. The number of nitrogens with two attached hydrogens (primary N) is 1. The Balaban J connectivity index is 0.